The van der Waals surface area contributed by atoms with Gasteiger partial charge in [-0.25, -0.2) is 0 Å². The van der Waals surface area contributed by atoms with Crippen LogP contribution >= 0.6 is 0 Å². The molecule has 5 nitrogen and oxygen atoms in total. The van der Waals surface area contributed by atoms with Crippen LogP contribution in [0.2, 0.25) is 0 Å². The quantitative estimate of drug-likeness (QED) is 0.604. The van der Waals surface area contributed by atoms with Gasteiger partial charge < -0.3 is 24.5 Å². The standard InChI is InChI=1S/C21H26N2O3/c1-14-5-7-17-15(13-23-18(17)11-14)9-10-22-12-16-6-8-19(24-2)21(26-4)20(16)25-3/h5-8,11,13,22-23H,9-10,12H2,1-4H3. The summed E-state index contributed by atoms with van der Waals surface area (Å²) in [6, 6.07) is 10.4. The van der Waals surface area contributed by atoms with Crippen LogP contribution < -0.4 is 19.5 Å². The zero-order chi connectivity index (χ0) is 18.5. The highest BCUT2D eigenvalue weighted by molar-refractivity contribution is 5.83. The van der Waals surface area contributed by atoms with Gasteiger partial charge in [-0.3, -0.25) is 0 Å². The maximum Gasteiger partial charge on any atom is 0.203 e. The Hall–Kier alpha value is -2.66. The Morgan fingerprint density at radius 1 is 0.923 bits per heavy atom. The van der Waals surface area contributed by atoms with Crippen LogP contribution in [-0.4, -0.2) is 32.9 Å². The van der Waals surface area contributed by atoms with Crippen molar-refractivity contribution in [3.05, 3.63) is 53.2 Å². The molecule has 5 heteroatoms. The fraction of sp³-hybridized carbons (Fsp3) is 0.333. The van der Waals surface area contributed by atoms with Crippen LogP contribution in [0.1, 0.15) is 16.7 Å². The number of hydrogen-bond donors (Lipinski definition) is 2. The minimum atomic E-state index is 0.626. The molecule has 0 saturated carbocycles. The lowest BCUT2D eigenvalue weighted by atomic mass is 10.1. The van der Waals surface area contributed by atoms with Gasteiger partial charge in [0.1, 0.15) is 0 Å². The number of nitrogens with one attached hydrogen (secondary N) is 2. The summed E-state index contributed by atoms with van der Waals surface area (Å²) in [7, 11) is 4.89. The van der Waals surface area contributed by atoms with E-state index in [2.05, 4.69) is 41.6 Å². The van der Waals surface area contributed by atoms with Gasteiger partial charge in [0.15, 0.2) is 11.5 Å². The van der Waals surface area contributed by atoms with E-state index in [9.17, 15) is 0 Å². The molecule has 0 unspecified atom stereocenters. The predicted octanol–water partition coefficient (Wildman–Crippen LogP) is 3.83. The molecule has 0 aliphatic rings. The molecule has 0 saturated heterocycles. The lowest BCUT2D eigenvalue weighted by molar-refractivity contribution is 0.321. The van der Waals surface area contributed by atoms with Gasteiger partial charge in [-0.1, -0.05) is 18.2 Å². The van der Waals surface area contributed by atoms with Crippen molar-refractivity contribution in [3.8, 4) is 17.2 Å². The highest BCUT2D eigenvalue weighted by Crippen LogP contribution is 2.39. The molecule has 0 radical (unpaired) electrons. The third-order valence-corrected chi connectivity index (χ3v) is 4.60. The Bertz CT molecular complexity index is 886. The molecule has 3 aromatic rings. The number of aryl methyl sites for hydroxylation is 1. The molecule has 2 aromatic carbocycles. The SMILES string of the molecule is COc1ccc(CNCCc2c[nH]c3cc(C)ccc23)c(OC)c1OC. The number of H-pyrrole nitrogens is 1. The summed E-state index contributed by atoms with van der Waals surface area (Å²) >= 11 is 0. The van der Waals surface area contributed by atoms with Gasteiger partial charge in [-0.05, 0) is 43.1 Å². The molecule has 2 N–H and O–H groups in total. The van der Waals surface area contributed by atoms with Crippen molar-refractivity contribution in [3.63, 3.8) is 0 Å². The van der Waals surface area contributed by atoms with Crippen molar-refractivity contribution < 1.29 is 14.2 Å². The first kappa shape index (κ1) is 18.1. The normalized spacial score (nSPS) is 10.9. The second kappa shape index (κ2) is 8.15. The molecule has 0 atom stereocenters. The van der Waals surface area contributed by atoms with Crippen molar-refractivity contribution in [2.24, 2.45) is 0 Å². The summed E-state index contributed by atoms with van der Waals surface area (Å²) in [5, 5.41) is 4.78. The van der Waals surface area contributed by atoms with Gasteiger partial charge in [-0.15, -0.1) is 0 Å². The van der Waals surface area contributed by atoms with E-state index in [1.807, 2.05) is 12.1 Å². The third kappa shape index (κ3) is 3.63. The molecule has 0 amide bonds. The molecule has 1 heterocycles. The minimum absolute atomic E-state index is 0.626. The fourth-order valence-corrected chi connectivity index (χ4v) is 3.26. The maximum absolute atomic E-state index is 5.53. The first-order valence-corrected chi connectivity index (χ1v) is 8.73. The highest BCUT2D eigenvalue weighted by atomic mass is 16.5. The number of benzene rings is 2. The summed E-state index contributed by atoms with van der Waals surface area (Å²) in [6.45, 7) is 3.68. The second-order valence-electron chi connectivity index (χ2n) is 6.28. The summed E-state index contributed by atoms with van der Waals surface area (Å²) < 4.78 is 16.3. The topological polar surface area (TPSA) is 55.5 Å². The number of ether oxygens (including phenoxy) is 3. The Labute approximate surface area is 154 Å². The van der Waals surface area contributed by atoms with Crippen molar-refractivity contribution in [1.29, 1.82) is 0 Å². The third-order valence-electron chi connectivity index (χ3n) is 4.60. The maximum atomic E-state index is 5.53. The fourth-order valence-electron chi connectivity index (χ4n) is 3.26. The number of fused-ring (bicyclic) bond motifs is 1. The van der Waals surface area contributed by atoms with Crippen LogP contribution in [0.25, 0.3) is 10.9 Å². The zero-order valence-corrected chi connectivity index (χ0v) is 15.8. The predicted molar refractivity (Wildman–Crippen MR) is 105 cm³/mol. The molecule has 0 aliphatic heterocycles. The number of hydrogen-bond acceptors (Lipinski definition) is 4. The van der Waals surface area contributed by atoms with E-state index in [1.54, 1.807) is 21.3 Å². The Morgan fingerprint density at radius 3 is 2.46 bits per heavy atom. The minimum Gasteiger partial charge on any atom is -0.493 e. The number of aromatic nitrogens is 1. The van der Waals surface area contributed by atoms with Crippen molar-refractivity contribution in [1.82, 2.24) is 10.3 Å². The smallest absolute Gasteiger partial charge is 0.203 e. The van der Waals surface area contributed by atoms with Crippen LogP contribution in [-0.2, 0) is 13.0 Å². The Morgan fingerprint density at radius 2 is 1.73 bits per heavy atom. The zero-order valence-electron chi connectivity index (χ0n) is 15.8. The van der Waals surface area contributed by atoms with Crippen LogP contribution in [0, 0.1) is 6.92 Å². The molecule has 0 aliphatic carbocycles. The van der Waals surface area contributed by atoms with Crippen LogP contribution in [0.3, 0.4) is 0 Å². The molecule has 0 bridgehead atoms. The monoisotopic (exact) mass is 354 g/mol. The highest BCUT2D eigenvalue weighted by Gasteiger charge is 2.15. The van der Waals surface area contributed by atoms with Crippen molar-refractivity contribution >= 4 is 10.9 Å². The number of aromatic amines is 1. The lowest BCUT2D eigenvalue weighted by Gasteiger charge is -2.16. The van der Waals surface area contributed by atoms with Gasteiger partial charge in [0.25, 0.3) is 0 Å². The molecule has 0 fully saturated rings. The van der Waals surface area contributed by atoms with E-state index in [0.29, 0.717) is 23.8 Å². The Kier molecular flexibility index (Phi) is 5.68. The Balaban J connectivity index is 1.64. The van der Waals surface area contributed by atoms with Crippen molar-refractivity contribution in [2.75, 3.05) is 27.9 Å². The lowest BCUT2D eigenvalue weighted by Crippen LogP contribution is -2.17. The largest absolute Gasteiger partial charge is 0.493 e. The summed E-state index contributed by atoms with van der Waals surface area (Å²) in [5.41, 5.74) is 4.83. The van der Waals surface area contributed by atoms with E-state index < -0.39 is 0 Å². The van der Waals surface area contributed by atoms with E-state index in [-0.39, 0.29) is 0 Å². The molecule has 3 rings (SSSR count). The molecule has 138 valence electrons. The summed E-state index contributed by atoms with van der Waals surface area (Å²) in [5.74, 6) is 2.01. The van der Waals surface area contributed by atoms with Gasteiger partial charge >= 0.3 is 0 Å². The van der Waals surface area contributed by atoms with Crippen LogP contribution in [0.15, 0.2) is 36.5 Å². The molecule has 0 spiro atoms. The average molecular weight is 354 g/mol. The summed E-state index contributed by atoms with van der Waals surface area (Å²) in [6.07, 6.45) is 3.06. The van der Waals surface area contributed by atoms with Crippen LogP contribution in [0.4, 0.5) is 0 Å². The first-order chi connectivity index (χ1) is 12.7. The number of rotatable bonds is 8. The van der Waals surface area contributed by atoms with Gasteiger partial charge in [0, 0.05) is 29.2 Å². The molecular weight excluding hydrogens is 328 g/mol. The van der Waals surface area contributed by atoms with E-state index in [1.165, 1.54) is 22.0 Å². The van der Waals surface area contributed by atoms with Crippen LogP contribution in [0.5, 0.6) is 17.2 Å². The van der Waals surface area contributed by atoms with Crippen molar-refractivity contribution in [2.45, 2.75) is 19.9 Å². The molecular formula is C21H26N2O3. The summed E-state index contributed by atoms with van der Waals surface area (Å²) in [4.78, 5) is 3.36. The second-order valence-corrected chi connectivity index (χ2v) is 6.28. The number of methoxy groups -OCH3 is 3. The molecule has 1 aromatic heterocycles. The van der Waals surface area contributed by atoms with E-state index in [0.717, 1.165) is 18.5 Å². The molecule has 26 heavy (non-hydrogen) atoms. The average Bonchev–Trinajstić information content (AvgIpc) is 3.06. The first-order valence-electron chi connectivity index (χ1n) is 8.73. The van der Waals surface area contributed by atoms with E-state index >= 15 is 0 Å². The van der Waals surface area contributed by atoms with Gasteiger partial charge in [-0.2, -0.15) is 0 Å². The van der Waals surface area contributed by atoms with E-state index in [4.69, 9.17) is 14.2 Å². The van der Waals surface area contributed by atoms with Gasteiger partial charge in [0.05, 0.1) is 21.3 Å². The van der Waals surface area contributed by atoms with Gasteiger partial charge in [0.2, 0.25) is 5.75 Å².